The Bertz CT molecular complexity index is 1640. The fourth-order valence-electron chi connectivity index (χ4n) is 3.79. The molecule has 1 amide bonds. The number of hydrogen-bond donors (Lipinski definition) is 2. The van der Waals surface area contributed by atoms with Crippen molar-refractivity contribution in [3.63, 3.8) is 0 Å². The highest BCUT2D eigenvalue weighted by Gasteiger charge is 2.39. The number of para-hydroxylation sites is 1. The number of hydrogen-bond acceptors (Lipinski definition) is 5. The Hall–Kier alpha value is -3.93. The van der Waals surface area contributed by atoms with E-state index in [1.165, 1.54) is 57.2 Å². The summed E-state index contributed by atoms with van der Waals surface area (Å²) >= 11 is 0. The molecule has 0 saturated heterocycles. The number of anilines is 1. The number of fused-ring (bicyclic) bond motifs is 1. The quantitative estimate of drug-likeness (QED) is 0.405. The molecule has 4 rings (SSSR count). The van der Waals surface area contributed by atoms with Gasteiger partial charge in [-0.1, -0.05) is 42.5 Å². The van der Waals surface area contributed by atoms with E-state index in [-0.39, 0.29) is 33.1 Å². The Morgan fingerprint density at radius 1 is 1.06 bits per heavy atom. The number of benzene rings is 2. The van der Waals surface area contributed by atoms with Gasteiger partial charge in [-0.15, -0.1) is 0 Å². The zero-order valence-electron chi connectivity index (χ0n) is 19.3. The van der Waals surface area contributed by atoms with Crippen LogP contribution in [0, 0.1) is 6.92 Å². The van der Waals surface area contributed by atoms with Gasteiger partial charge in [0.2, 0.25) is 0 Å². The predicted octanol–water partition coefficient (Wildman–Crippen LogP) is 4.45. The standard InChI is InChI=1S/C24H21F3N4O4S/c1-13(2)36(34,35)17-12-8-7-11-16(17)29-22(32)18-14(3)28-21-19(15-9-5-4-6-10-15)20(24(25,26)27)30-31(21)23(18)33/h4-13,28H,1-3H3,(H,29,32). The minimum absolute atomic E-state index is 0.0139. The topological polar surface area (TPSA) is 113 Å². The fraction of sp³-hybridized carbons (Fsp3) is 0.208. The van der Waals surface area contributed by atoms with Gasteiger partial charge in [0.25, 0.3) is 11.5 Å². The van der Waals surface area contributed by atoms with Crippen molar-refractivity contribution < 1.29 is 26.4 Å². The van der Waals surface area contributed by atoms with Crippen LogP contribution in [0.2, 0.25) is 0 Å². The molecule has 2 N–H and O–H groups in total. The highest BCUT2D eigenvalue weighted by atomic mass is 32.2. The lowest BCUT2D eigenvalue weighted by Gasteiger charge is -2.14. The second kappa shape index (κ2) is 8.94. The van der Waals surface area contributed by atoms with Crippen LogP contribution in [0.25, 0.3) is 16.8 Å². The lowest BCUT2D eigenvalue weighted by molar-refractivity contribution is -0.140. The van der Waals surface area contributed by atoms with Gasteiger partial charge < -0.3 is 10.3 Å². The number of sulfone groups is 1. The van der Waals surface area contributed by atoms with Gasteiger partial charge in [0.15, 0.2) is 15.5 Å². The first kappa shape index (κ1) is 25.2. The lowest BCUT2D eigenvalue weighted by atomic mass is 10.1. The minimum Gasteiger partial charge on any atom is -0.342 e. The molecule has 0 spiro atoms. The summed E-state index contributed by atoms with van der Waals surface area (Å²) in [5, 5.41) is 5.14. The molecule has 12 heteroatoms. The SMILES string of the molecule is Cc1[nH]c2c(-c3ccccc3)c(C(F)(F)F)nn2c(=O)c1C(=O)Nc1ccccc1S(=O)(=O)C(C)C. The van der Waals surface area contributed by atoms with Gasteiger partial charge >= 0.3 is 6.18 Å². The first-order chi connectivity index (χ1) is 16.8. The molecular weight excluding hydrogens is 497 g/mol. The average Bonchev–Trinajstić information content (AvgIpc) is 3.20. The van der Waals surface area contributed by atoms with Crippen LogP contribution in [0.3, 0.4) is 0 Å². The Labute approximate surface area is 203 Å². The summed E-state index contributed by atoms with van der Waals surface area (Å²) in [4.78, 5) is 28.9. The van der Waals surface area contributed by atoms with Crippen molar-refractivity contribution >= 4 is 27.1 Å². The molecule has 2 aromatic carbocycles. The van der Waals surface area contributed by atoms with E-state index in [4.69, 9.17) is 0 Å². The van der Waals surface area contributed by atoms with Crippen LogP contribution in [0.15, 0.2) is 64.3 Å². The average molecular weight is 519 g/mol. The van der Waals surface area contributed by atoms with Crippen LogP contribution < -0.4 is 10.9 Å². The molecule has 0 aliphatic carbocycles. The van der Waals surface area contributed by atoms with Crippen molar-refractivity contribution in [3.8, 4) is 11.1 Å². The summed E-state index contributed by atoms with van der Waals surface area (Å²) in [6, 6.07) is 13.3. The summed E-state index contributed by atoms with van der Waals surface area (Å²) in [5.41, 5.74) is -3.33. The van der Waals surface area contributed by atoms with E-state index in [2.05, 4.69) is 15.4 Å². The van der Waals surface area contributed by atoms with Gasteiger partial charge in [-0.2, -0.15) is 22.8 Å². The van der Waals surface area contributed by atoms with Gasteiger partial charge in [-0.25, -0.2) is 8.42 Å². The van der Waals surface area contributed by atoms with Crippen LogP contribution in [-0.4, -0.2) is 34.2 Å². The van der Waals surface area contributed by atoms with E-state index in [9.17, 15) is 31.2 Å². The summed E-state index contributed by atoms with van der Waals surface area (Å²) < 4.78 is 67.5. The zero-order chi connectivity index (χ0) is 26.4. The number of aromatic nitrogens is 3. The van der Waals surface area contributed by atoms with Crippen LogP contribution in [0.5, 0.6) is 0 Å². The van der Waals surface area contributed by atoms with Gasteiger partial charge in [0.1, 0.15) is 11.2 Å². The highest BCUT2D eigenvalue weighted by molar-refractivity contribution is 7.92. The van der Waals surface area contributed by atoms with E-state index in [1.54, 1.807) is 18.2 Å². The maximum absolute atomic E-state index is 13.8. The van der Waals surface area contributed by atoms with Gasteiger partial charge in [0.05, 0.1) is 21.4 Å². The molecule has 0 fully saturated rings. The Kier molecular flexibility index (Phi) is 6.25. The number of alkyl halides is 3. The number of H-pyrrole nitrogens is 1. The molecule has 188 valence electrons. The molecule has 2 heterocycles. The molecular formula is C24H21F3N4O4S. The largest absolute Gasteiger partial charge is 0.435 e. The van der Waals surface area contributed by atoms with Crippen LogP contribution in [0.4, 0.5) is 18.9 Å². The Balaban J connectivity index is 1.88. The van der Waals surface area contributed by atoms with E-state index in [0.717, 1.165) is 0 Å². The third-order valence-corrected chi connectivity index (χ3v) is 7.80. The van der Waals surface area contributed by atoms with Gasteiger partial charge in [-0.3, -0.25) is 9.59 Å². The second-order valence-corrected chi connectivity index (χ2v) is 10.8. The summed E-state index contributed by atoms with van der Waals surface area (Å²) in [6.45, 7) is 4.33. The predicted molar refractivity (Wildman–Crippen MR) is 128 cm³/mol. The number of carbonyl (C=O) groups is 1. The third-order valence-electron chi connectivity index (χ3n) is 5.59. The molecule has 8 nitrogen and oxygen atoms in total. The molecule has 0 aliphatic rings. The van der Waals surface area contributed by atoms with Gasteiger partial charge in [0, 0.05) is 5.69 Å². The summed E-state index contributed by atoms with van der Waals surface area (Å²) in [7, 11) is -3.78. The molecule has 2 aromatic heterocycles. The van der Waals surface area contributed by atoms with Crippen LogP contribution in [-0.2, 0) is 16.0 Å². The third kappa shape index (κ3) is 4.28. The lowest BCUT2D eigenvalue weighted by Crippen LogP contribution is -2.29. The molecule has 0 atom stereocenters. The number of aryl methyl sites for hydroxylation is 1. The molecule has 0 bridgehead atoms. The normalized spacial score (nSPS) is 12.3. The Morgan fingerprint density at radius 2 is 1.67 bits per heavy atom. The Morgan fingerprint density at radius 3 is 2.28 bits per heavy atom. The van der Waals surface area contributed by atoms with E-state index in [0.29, 0.717) is 4.52 Å². The summed E-state index contributed by atoms with van der Waals surface area (Å²) in [6.07, 6.45) is -4.88. The van der Waals surface area contributed by atoms with E-state index >= 15 is 0 Å². The maximum atomic E-state index is 13.8. The van der Waals surface area contributed by atoms with Crippen molar-refractivity contribution in [2.45, 2.75) is 37.1 Å². The molecule has 0 unspecified atom stereocenters. The van der Waals surface area contributed by atoms with E-state index in [1.807, 2.05) is 0 Å². The van der Waals surface area contributed by atoms with Crippen molar-refractivity contribution in [3.05, 3.63) is 81.9 Å². The van der Waals surface area contributed by atoms with Gasteiger partial charge in [-0.05, 0) is 38.5 Å². The van der Waals surface area contributed by atoms with Crippen molar-refractivity contribution in [2.75, 3.05) is 5.32 Å². The number of rotatable bonds is 5. The fourth-order valence-corrected chi connectivity index (χ4v) is 4.99. The minimum atomic E-state index is -4.88. The van der Waals surface area contributed by atoms with E-state index < -0.39 is 44.0 Å². The number of amides is 1. The number of halogens is 3. The number of nitrogens with one attached hydrogen (secondary N) is 2. The number of nitrogens with zero attached hydrogens (tertiary/aromatic N) is 2. The van der Waals surface area contributed by atoms with Crippen molar-refractivity contribution in [1.29, 1.82) is 0 Å². The molecule has 4 aromatic rings. The van der Waals surface area contributed by atoms with Crippen LogP contribution >= 0.6 is 0 Å². The first-order valence-electron chi connectivity index (χ1n) is 10.8. The second-order valence-electron chi connectivity index (χ2n) is 8.32. The van der Waals surface area contributed by atoms with Crippen molar-refractivity contribution in [2.24, 2.45) is 0 Å². The monoisotopic (exact) mass is 518 g/mol. The maximum Gasteiger partial charge on any atom is 0.435 e. The number of aromatic amines is 1. The molecule has 0 aliphatic heterocycles. The zero-order valence-corrected chi connectivity index (χ0v) is 20.2. The first-order valence-corrected chi connectivity index (χ1v) is 12.3. The number of carbonyl (C=O) groups excluding carboxylic acids is 1. The molecule has 36 heavy (non-hydrogen) atoms. The van der Waals surface area contributed by atoms with Crippen molar-refractivity contribution in [1.82, 2.24) is 14.6 Å². The molecule has 0 radical (unpaired) electrons. The smallest absolute Gasteiger partial charge is 0.342 e. The highest BCUT2D eigenvalue weighted by Crippen LogP contribution is 2.38. The molecule has 0 saturated carbocycles. The van der Waals surface area contributed by atoms with Crippen LogP contribution in [0.1, 0.15) is 35.6 Å². The summed E-state index contributed by atoms with van der Waals surface area (Å²) in [5.74, 6) is -0.993.